The minimum absolute atomic E-state index is 0.835. The third-order valence-corrected chi connectivity index (χ3v) is 4.31. The van der Waals surface area contributed by atoms with Crippen LogP contribution in [-0.2, 0) is 0 Å². The predicted octanol–water partition coefficient (Wildman–Crippen LogP) is 4.51. The second kappa shape index (κ2) is 4.67. The second-order valence-electron chi connectivity index (χ2n) is 5.32. The molecule has 110 valence electrons. The molecule has 3 nitrogen and oxygen atoms in total. The van der Waals surface area contributed by atoms with Crippen LogP contribution in [0.25, 0.3) is 33.0 Å². The van der Waals surface area contributed by atoms with Crippen molar-refractivity contribution in [3.63, 3.8) is 0 Å². The molecule has 0 saturated heterocycles. The maximum atomic E-state index is 5.53. The Hall–Kier alpha value is -2.68. The van der Waals surface area contributed by atoms with E-state index >= 15 is 0 Å². The van der Waals surface area contributed by atoms with E-state index in [1.54, 1.807) is 21.3 Å². The number of hydrogen-bond acceptors (Lipinski definition) is 3. The third kappa shape index (κ3) is 1.62. The molecule has 0 spiro atoms. The molecule has 0 atom stereocenters. The zero-order chi connectivity index (χ0) is 15.3. The van der Waals surface area contributed by atoms with Gasteiger partial charge in [-0.2, -0.15) is 0 Å². The molecule has 4 rings (SSSR count). The fourth-order valence-electron chi connectivity index (χ4n) is 3.27. The lowest BCUT2D eigenvalue weighted by Gasteiger charge is -2.10. The molecule has 0 bridgehead atoms. The molecule has 3 aromatic rings. The average Bonchev–Trinajstić information content (AvgIpc) is 2.89. The highest BCUT2D eigenvalue weighted by Gasteiger charge is 2.24. The smallest absolute Gasteiger partial charge is 0.126 e. The molecular weight excluding hydrogens is 276 g/mol. The molecule has 3 heteroatoms. The molecule has 0 saturated carbocycles. The Morgan fingerprint density at radius 1 is 0.591 bits per heavy atom. The van der Waals surface area contributed by atoms with Gasteiger partial charge in [0.15, 0.2) is 0 Å². The van der Waals surface area contributed by atoms with Crippen molar-refractivity contribution in [2.45, 2.75) is 0 Å². The Bertz CT molecular complexity index is 897. The van der Waals surface area contributed by atoms with E-state index in [0.717, 1.165) is 22.6 Å². The number of rotatable bonds is 3. The molecular formula is C19H16O3. The van der Waals surface area contributed by atoms with Crippen LogP contribution < -0.4 is 14.2 Å². The fourth-order valence-corrected chi connectivity index (χ4v) is 3.27. The topological polar surface area (TPSA) is 27.7 Å². The van der Waals surface area contributed by atoms with Crippen molar-refractivity contribution < 1.29 is 14.2 Å². The maximum absolute atomic E-state index is 5.53. The summed E-state index contributed by atoms with van der Waals surface area (Å²) in [7, 11) is 5.08. The van der Waals surface area contributed by atoms with Crippen molar-refractivity contribution in [2.75, 3.05) is 21.3 Å². The number of methoxy groups -OCH3 is 3. The lowest BCUT2D eigenvalue weighted by molar-refractivity contribution is 0.412. The Kier molecular flexibility index (Phi) is 2.76. The molecule has 22 heavy (non-hydrogen) atoms. The van der Waals surface area contributed by atoms with Gasteiger partial charge < -0.3 is 14.2 Å². The van der Waals surface area contributed by atoms with Crippen LogP contribution in [0.1, 0.15) is 0 Å². The van der Waals surface area contributed by atoms with E-state index in [1.165, 1.54) is 27.6 Å². The van der Waals surface area contributed by atoms with Gasteiger partial charge in [0.2, 0.25) is 0 Å². The van der Waals surface area contributed by atoms with E-state index in [0.29, 0.717) is 0 Å². The molecule has 1 aliphatic carbocycles. The van der Waals surface area contributed by atoms with Crippen LogP contribution in [0.3, 0.4) is 0 Å². The van der Waals surface area contributed by atoms with Crippen LogP contribution in [-0.4, -0.2) is 21.3 Å². The first-order chi connectivity index (χ1) is 10.8. The van der Waals surface area contributed by atoms with Gasteiger partial charge in [0.1, 0.15) is 17.2 Å². The maximum Gasteiger partial charge on any atom is 0.126 e. The number of hydrogen-bond donors (Lipinski definition) is 0. The average molecular weight is 292 g/mol. The van der Waals surface area contributed by atoms with E-state index < -0.39 is 0 Å². The molecule has 0 heterocycles. The summed E-state index contributed by atoms with van der Waals surface area (Å²) in [5.41, 5.74) is 4.78. The van der Waals surface area contributed by atoms with Crippen molar-refractivity contribution in [3.8, 4) is 39.5 Å². The number of fused-ring (bicyclic) bond motifs is 3. The highest BCUT2D eigenvalue weighted by molar-refractivity contribution is 6.17. The zero-order valence-corrected chi connectivity index (χ0v) is 12.8. The predicted molar refractivity (Wildman–Crippen MR) is 88.0 cm³/mol. The first kappa shape index (κ1) is 13.0. The lowest BCUT2D eigenvalue weighted by atomic mass is 10.0. The first-order valence-electron chi connectivity index (χ1n) is 7.14. The van der Waals surface area contributed by atoms with E-state index in [4.69, 9.17) is 14.2 Å². The molecule has 0 aromatic heterocycles. The quantitative estimate of drug-likeness (QED) is 0.556. The van der Waals surface area contributed by atoms with Gasteiger partial charge in [-0.05, 0) is 52.6 Å². The molecule has 3 aromatic carbocycles. The van der Waals surface area contributed by atoms with Crippen LogP contribution >= 0.6 is 0 Å². The van der Waals surface area contributed by atoms with Gasteiger partial charge in [0.25, 0.3) is 0 Å². The summed E-state index contributed by atoms with van der Waals surface area (Å²) in [5.74, 6) is 2.56. The van der Waals surface area contributed by atoms with Crippen LogP contribution in [0.2, 0.25) is 0 Å². The standard InChI is InChI=1S/C19H16O3/c1-20-11-4-5-13-15(8-11)14-6-7-18(22-3)17-10-12(21-2)9-16(13)19(14)17/h4-10H,1-3H3. The first-order valence-corrected chi connectivity index (χ1v) is 7.14. The summed E-state index contributed by atoms with van der Waals surface area (Å²) in [5, 5.41) is 2.29. The van der Waals surface area contributed by atoms with Gasteiger partial charge in [0, 0.05) is 10.8 Å². The summed E-state index contributed by atoms with van der Waals surface area (Å²) in [4.78, 5) is 0. The fraction of sp³-hybridized carbons (Fsp3) is 0.158. The Balaban J connectivity index is 2.13. The molecule has 0 aliphatic heterocycles. The monoisotopic (exact) mass is 292 g/mol. The highest BCUT2D eigenvalue weighted by atomic mass is 16.5. The van der Waals surface area contributed by atoms with Crippen LogP contribution in [0.5, 0.6) is 17.2 Å². The van der Waals surface area contributed by atoms with Crippen LogP contribution in [0, 0.1) is 0 Å². The van der Waals surface area contributed by atoms with Gasteiger partial charge in [-0.1, -0.05) is 12.1 Å². The molecule has 1 aliphatic rings. The van der Waals surface area contributed by atoms with Crippen molar-refractivity contribution >= 4 is 10.8 Å². The Morgan fingerprint density at radius 3 is 2.05 bits per heavy atom. The van der Waals surface area contributed by atoms with Crippen molar-refractivity contribution in [1.29, 1.82) is 0 Å². The molecule has 0 radical (unpaired) electrons. The second-order valence-corrected chi connectivity index (χ2v) is 5.32. The normalized spacial score (nSPS) is 11.4. The summed E-state index contributed by atoms with van der Waals surface area (Å²) in [6.45, 7) is 0. The van der Waals surface area contributed by atoms with Gasteiger partial charge in [-0.15, -0.1) is 0 Å². The Morgan fingerprint density at radius 2 is 1.32 bits per heavy atom. The SMILES string of the molecule is COc1ccc2c(c1)-c1ccc(OC)c3cc(OC)cc-2c13. The minimum Gasteiger partial charge on any atom is -0.497 e. The number of ether oxygens (including phenoxy) is 3. The summed E-state index contributed by atoms with van der Waals surface area (Å²) < 4.78 is 16.4. The zero-order valence-electron chi connectivity index (χ0n) is 12.8. The van der Waals surface area contributed by atoms with Crippen molar-refractivity contribution in [1.82, 2.24) is 0 Å². The van der Waals surface area contributed by atoms with Gasteiger partial charge in [-0.25, -0.2) is 0 Å². The van der Waals surface area contributed by atoms with Gasteiger partial charge in [-0.3, -0.25) is 0 Å². The minimum atomic E-state index is 0.835. The molecule has 0 N–H and O–H groups in total. The molecule has 0 unspecified atom stereocenters. The largest absolute Gasteiger partial charge is 0.497 e. The van der Waals surface area contributed by atoms with E-state index in [2.05, 4.69) is 24.3 Å². The van der Waals surface area contributed by atoms with E-state index in [1.807, 2.05) is 18.2 Å². The van der Waals surface area contributed by atoms with Crippen LogP contribution in [0.15, 0.2) is 42.5 Å². The molecule has 0 amide bonds. The van der Waals surface area contributed by atoms with Crippen molar-refractivity contribution in [3.05, 3.63) is 42.5 Å². The number of benzene rings is 3. The lowest BCUT2D eigenvalue weighted by Crippen LogP contribution is -1.88. The van der Waals surface area contributed by atoms with E-state index in [-0.39, 0.29) is 0 Å². The summed E-state index contributed by atoms with van der Waals surface area (Å²) in [6, 6.07) is 14.4. The van der Waals surface area contributed by atoms with Crippen molar-refractivity contribution in [2.24, 2.45) is 0 Å². The summed E-state index contributed by atoms with van der Waals surface area (Å²) >= 11 is 0. The van der Waals surface area contributed by atoms with Crippen LogP contribution in [0.4, 0.5) is 0 Å². The third-order valence-electron chi connectivity index (χ3n) is 4.31. The highest BCUT2D eigenvalue weighted by Crippen LogP contribution is 2.51. The Labute approximate surface area is 129 Å². The van der Waals surface area contributed by atoms with E-state index in [9.17, 15) is 0 Å². The molecule has 0 fully saturated rings. The van der Waals surface area contributed by atoms with Gasteiger partial charge >= 0.3 is 0 Å². The summed E-state index contributed by atoms with van der Waals surface area (Å²) in [6.07, 6.45) is 0. The van der Waals surface area contributed by atoms with Gasteiger partial charge in [0.05, 0.1) is 21.3 Å².